The summed E-state index contributed by atoms with van der Waals surface area (Å²) in [6.07, 6.45) is 12.1. The summed E-state index contributed by atoms with van der Waals surface area (Å²) in [5.41, 5.74) is 1.78. The van der Waals surface area contributed by atoms with E-state index in [-0.39, 0.29) is 51.5 Å². The number of aliphatic hydroxyl groups excluding tert-OH is 2. The molecule has 192 valence electrons. The van der Waals surface area contributed by atoms with Gasteiger partial charge in [0.25, 0.3) is 0 Å². The minimum absolute atomic E-state index is 0.0260. The monoisotopic (exact) mass is 470 g/mol. The van der Waals surface area contributed by atoms with Crippen molar-refractivity contribution in [2.75, 3.05) is 6.61 Å². The standard InChI is InChI=1S/C31H50O3/c1-19-10-15-31(25(34)18-32)17-16-29(6)21(26(31)20(19)2)8-9-23-28(5)13-12-24(33)27(3,4)22(28)11-14-30(23,29)7/h8,19-20,22-24,26,32-33H,9-18H2,1-7H3/t19-,20+,22?,23-,24+,26+,28+,29-,30-,31-/m1/s1. The van der Waals surface area contributed by atoms with E-state index in [4.69, 9.17) is 0 Å². The fraction of sp³-hybridized carbons (Fsp3) is 0.903. The number of fused-ring (bicyclic) bond motifs is 7. The maximum atomic E-state index is 13.4. The van der Waals surface area contributed by atoms with Gasteiger partial charge in [0.05, 0.1) is 6.10 Å². The molecular formula is C31H50O3. The second kappa shape index (κ2) is 7.67. The lowest BCUT2D eigenvalue weighted by Gasteiger charge is -2.71. The number of hydrogen-bond acceptors (Lipinski definition) is 3. The topological polar surface area (TPSA) is 57.5 Å². The molecule has 0 bridgehead atoms. The summed E-state index contributed by atoms with van der Waals surface area (Å²) in [5.74, 6) is 2.66. The van der Waals surface area contributed by atoms with Crippen molar-refractivity contribution in [3.8, 4) is 0 Å². The maximum Gasteiger partial charge on any atom is 0.164 e. The van der Waals surface area contributed by atoms with E-state index in [0.29, 0.717) is 23.7 Å². The molecule has 0 aromatic rings. The Morgan fingerprint density at radius 2 is 1.65 bits per heavy atom. The first-order valence-corrected chi connectivity index (χ1v) is 14.3. The number of rotatable bonds is 2. The number of hydrogen-bond donors (Lipinski definition) is 2. The fourth-order valence-corrected chi connectivity index (χ4v) is 11.1. The third kappa shape index (κ3) is 2.86. The molecule has 4 saturated carbocycles. The summed E-state index contributed by atoms with van der Waals surface area (Å²) >= 11 is 0. The number of allylic oxidation sites excluding steroid dienone is 2. The van der Waals surface area contributed by atoms with Crippen molar-refractivity contribution < 1.29 is 15.0 Å². The average molecular weight is 471 g/mol. The molecule has 34 heavy (non-hydrogen) atoms. The highest BCUT2D eigenvalue weighted by molar-refractivity contribution is 5.87. The minimum Gasteiger partial charge on any atom is -0.393 e. The van der Waals surface area contributed by atoms with Gasteiger partial charge in [0, 0.05) is 5.41 Å². The molecular weight excluding hydrogens is 420 g/mol. The van der Waals surface area contributed by atoms with Gasteiger partial charge in [-0.2, -0.15) is 0 Å². The van der Waals surface area contributed by atoms with Crippen LogP contribution in [0.25, 0.3) is 0 Å². The first kappa shape index (κ1) is 25.0. The van der Waals surface area contributed by atoms with Gasteiger partial charge in [-0.15, -0.1) is 0 Å². The van der Waals surface area contributed by atoms with Crippen molar-refractivity contribution in [2.45, 2.75) is 112 Å². The molecule has 3 heteroatoms. The minimum atomic E-state index is -0.354. The van der Waals surface area contributed by atoms with Crippen LogP contribution in [0.1, 0.15) is 106 Å². The molecule has 1 unspecified atom stereocenters. The lowest BCUT2D eigenvalue weighted by atomic mass is 9.33. The molecule has 0 aliphatic heterocycles. The molecule has 2 N–H and O–H groups in total. The highest BCUT2D eigenvalue weighted by Gasteiger charge is 2.69. The molecule has 0 aromatic heterocycles. The summed E-state index contributed by atoms with van der Waals surface area (Å²) < 4.78 is 0. The molecule has 10 atom stereocenters. The third-order valence-corrected chi connectivity index (χ3v) is 13.7. The Kier molecular flexibility index (Phi) is 5.64. The van der Waals surface area contributed by atoms with Gasteiger partial charge in [0.15, 0.2) is 5.78 Å². The van der Waals surface area contributed by atoms with E-state index < -0.39 is 0 Å². The number of carbonyl (C=O) groups excluding carboxylic acids is 1. The number of ketones is 1. The Labute approximate surface area is 208 Å². The zero-order valence-electron chi connectivity index (χ0n) is 22.9. The third-order valence-electron chi connectivity index (χ3n) is 13.7. The second-order valence-corrected chi connectivity index (χ2v) is 14.8. The number of Topliss-reactive ketones (excluding diaryl/α,β-unsaturated/α-hetero) is 1. The van der Waals surface area contributed by atoms with Gasteiger partial charge >= 0.3 is 0 Å². The van der Waals surface area contributed by atoms with Gasteiger partial charge < -0.3 is 10.2 Å². The van der Waals surface area contributed by atoms with E-state index in [1.165, 1.54) is 12.8 Å². The summed E-state index contributed by atoms with van der Waals surface area (Å²) in [7, 11) is 0. The highest BCUT2D eigenvalue weighted by atomic mass is 16.3. The Balaban J connectivity index is 1.61. The number of aliphatic hydroxyl groups is 2. The first-order valence-electron chi connectivity index (χ1n) is 14.3. The van der Waals surface area contributed by atoms with Crippen LogP contribution in [0.4, 0.5) is 0 Å². The Morgan fingerprint density at radius 1 is 0.941 bits per heavy atom. The van der Waals surface area contributed by atoms with E-state index >= 15 is 0 Å². The van der Waals surface area contributed by atoms with Gasteiger partial charge in [0.2, 0.25) is 0 Å². The van der Waals surface area contributed by atoms with Crippen molar-refractivity contribution in [1.82, 2.24) is 0 Å². The molecule has 4 fully saturated rings. The van der Waals surface area contributed by atoms with Crippen LogP contribution in [0, 0.1) is 56.7 Å². The predicted octanol–water partition coefficient (Wildman–Crippen LogP) is 6.57. The van der Waals surface area contributed by atoms with Crippen LogP contribution in [0.5, 0.6) is 0 Å². The molecule has 0 saturated heterocycles. The van der Waals surface area contributed by atoms with Gasteiger partial charge in [0.1, 0.15) is 6.61 Å². The van der Waals surface area contributed by atoms with Crippen molar-refractivity contribution in [3.05, 3.63) is 11.6 Å². The molecule has 3 nitrogen and oxygen atoms in total. The zero-order valence-corrected chi connectivity index (χ0v) is 22.9. The van der Waals surface area contributed by atoms with Crippen LogP contribution < -0.4 is 0 Å². The van der Waals surface area contributed by atoms with E-state index in [9.17, 15) is 15.0 Å². The fourth-order valence-electron chi connectivity index (χ4n) is 11.1. The summed E-state index contributed by atoms with van der Waals surface area (Å²) in [6, 6.07) is 0. The SMILES string of the molecule is C[C@H]1[C@H](C)CC[C@]2(C(=O)CO)CC[C@]3(C)C(=CC[C@@H]4[C@@]5(C)CC[C@H](O)C(C)(C)C5CC[C@]43C)[C@H]12. The van der Waals surface area contributed by atoms with Crippen molar-refractivity contribution in [2.24, 2.45) is 56.7 Å². The predicted molar refractivity (Wildman–Crippen MR) is 137 cm³/mol. The molecule has 0 aromatic carbocycles. The normalized spacial score (nSPS) is 54.1. The Morgan fingerprint density at radius 3 is 2.32 bits per heavy atom. The molecule has 0 radical (unpaired) electrons. The van der Waals surface area contributed by atoms with Crippen molar-refractivity contribution in [1.29, 1.82) is 0 Å². The second-order valence-electron chi connectivity index (χ2n) is 14.8. The van der Waals surface area contributed by atoms with Crippen LogP contribution in [0.15, 0.2) is 11.6 Å². The zero-order chi connectivity index (χ0) is 24.9. The molecule has 5 aliphatic carbocycles. The van der Waals surface area contributed by atoms with Crippen molar-refractivity contribution in [3.63, 3.8) is 0 Å². The molecule has 5 aliphatic rings. The van der Waals surface area contributed by atoms with E-state index in [1.807, 2.05) is 0 Å². The lowest BCUT2D eigenvalue weighted by Crippen LogP contribution is -2.65. The van der Waals surface area contributed by atoms with Crippen LogP contribution in [-0.2, 0) is 4.79 Å². The highest BCUT2D eigenvalue weighted by Crippen LogP contribution is 2.75. The van der Waals surface area contributed by atoms with Gasteiger partial charge in [-0.25, -0.2) is 0 Å². The van der Waals surface area contributed by atoms with Crippen molar-refractivity contribution >= 4 is 5.78 Å². The largest absolute Gasteiger partial charge is 0.393 e. The van der Waals surface area contributed by atoms with Crippen LogP contribution in [-0.4, -0.2) is 28.7 Å². The number of carbonyl (C=O) groups is 1. The summed E-state index contributed by atoms with van der Waals surface area (Å²) in [4.78, 5) is 13.4. The van der Waals surface area contributed by atoms with E-state index in [1.54, 1.807) is 5.57 Å². The van der Waals surface area contributed by atoms with Gasteiger partial charge in [-0.3, -0.25) is 4.79 Å². The molecule has 0 spiro atoms. The maximum absolute atomic E-state index is 13.4. The average Bonchev–Trinajstić information content (AvgIpc) is 2.79. The van der Waals surface area contributed by atoms with Crippen LogP contribution in [0.2, 0.25) is 0 Å². The Bertz CT molecular complexity index is 889. The first-order chi connectivity index (χ1) is 15.8. The van der Waals surface area contributed by atoms with E-state index in [2.05, 4.69) is 54.5 Å². The van der Waals surface area contributed by atoms with Gasteiger partial charge in [-0.1, -0.05) is 60.1 Å². The molecule has 0 amide bonds. The smallest absolute Gasteiger partial charge is 0.164 e. The quantitative estimate of drug-likeness (QED) is 0.449. The molecule has 5 rings (SSSR count). The lowest BCUT2D eigenvalue weighted by molar-refractivity contribution is -0.204. The van der Waals surface area contributed by atoms with Crippen LogP contribution in [0.3, 0.4) is 0 Å². The summed E-state index contributed by atoms with van der Waals surface area (Å²) in [6.45, 7) is 16.8. The van der Waals surface area contributed by atoms with Gasteiger partial charge in [-0.05, 0) is 109 Å². The van der Waals surface area contributed by atoms with Crippen LogP contribution >= 0.6 is 0 Å². The van der Waals surface area contributed by atoms with E-state index in [0.717, 1.165) is 44.9 Å². The molecule has 0 heterocycles. The summed E-state index contributed by atoms with van der Waals surface area (Å²) in [5, 5.41) is 20.9. The Hall–Kier alpha value is -0.670.